The molecule has 0 saturated heterocycles. The quantitative estimate of drug-likeness (QED) is 0.501. The molecule has 0 bridgehead atoms. The average molecular weight is 283 g/mol. The standard InChI is InChI=1S/C17H17NO3/c1-2-21-15-5-3-4-12(10-15)11-16(17(19)20)13-6-8-14(18)9-7-13/h3-11H,2,18H2,1H3,(H,19,20)/b16-11-. The van der Waals surface area contributed by atoms with Crippen LogP contribution in [0.15, 0.2) is 48.5 Å². The highest BCUT2D eigenvalue weighted by Gasteiger charge is 2.10. The first kappa shape index (κ1) is 14.7. The SMILES string of the molecule is CCOc1cccc(/C=C(\C(=O)O)c2ccc(N)cc2)c1. The number of nitrogen functional groups attached to an aromatic ring is 1. The molecule has 4 heteroatoms. The zero-order chi connectivity index (χ0) is 15.2. The van der Waals surface area contributed by atoms with Gasteiger partial charge in [-0.25, -0.2) is 4.79 Å². The lowest BCUT2D eigenvalue weighted by Gasteiger charge is -2.06. The molecule has 0 aliphatic rings. The first-order valence-corrected chi connectivity index (χ1v) is 6.64. The van der Waals surface area contributed by atoms with Gasteiger partial charge in [0.2, 0.25) is 0 Å². The molecule has 2 aromatic carbocycles. The Kier molecular flexibility index (Phi) is 4.61. The van der Waals surface area contributed by atoms with Gasteiger partial charge >= 0.3 is 5.97 Å². The molecule has 108 valence electrons. The number of nitrogens with two attached hydrogens (primary N) is 1. The van der Waals surface area contributed by atoms with E-state index in [1.807, 2.05) is 31.2 Å². The third kappa shape index (κ3) is 3.86. The van der Waals surface area contributed by atoms with Gasteiger partial charge in [0.1, 0.15) is 5.75 Å². The molecule has 0 heterocycles. The van der Waals surface area contributed by atoms with E-state index in [4.69, 9.17) is 10.5 Å². The fourth-order valence-corrected chi connectivity index (χ4v) is 1.96. The summed E-state index contributed by atoms with van der Waals surface area (Å²) in [6.07, 6.45) is 1.62. The van der Waals surface area contributed by atoms with Crippen molar-refractivity contribution in [2.45, 2.75) is 6.92 Å². The van der Waals surface area contributed by atoms with Crippen molar-refractivity contribution in [1.29, 1.82) is 0 Å². The van der Waals surface area contributed by atoms with Crippen LogP contribution in [-0.4, -0.2) is 17.7 Å². The van der Waals surface area contributed by atoms with Gasteiger partial charge in [-0.1, -0.05) is 24.3 Å². The van der Waals surface area contributed by atoms with Gasteiger partial charge in [-0.3, -0.25) is 0 Å². The zero-order valence-corrected chi connectivity index (χ0v) is 11.7. The van der Waals surface area contributed by atoms with Crippen LogP contribution in [0.1, 0.15) is 18.1 Å². The molecule has 0 radical (unpaired) electrons. The lowest BCUT2D eigenvalue weighted by Crippen LogP contribution is -2.00. The Morgan fingerprint density at radius 2 is 1.95 bits per heavy atom. The normalized spacial score (nSPS) is 11.2. The van der Waals surface area contributed by atoms with Crippen LogP contribution in [-0.2, 0) is 4.79 Å². The summed E-state index contributed by atoms with van der Waals surface area (Å²) in [4.78, 5) is 11.5. The molecule has 21 heavy (non-hydrogen) atoms. The van der Waals surface area contributed by atoms with Gasteiger partial charge in [0.05, 0.1) is 12.2 Å². The minimum absolute atomic E-state index is 0.212. The van der Waals surface area contributed by atoms with E-state index in [1.54, 1.807) is 30.3 Å². The van der Waals surface area contributed by atoms with Gasteiger partial charge in [0, 0.05) is 5.69 Å². The number of anilines is 1. The first-order chi connectivity index (χ1) is 10.1. The van der Waals surface area contributed by atoms with Crippen LogP contribution < -0.4 is 10.5 Å². The van der Waals surface area contributed by atoms with Crippen LogP contribution in [0.25, 0.3) is 11.6 Å². The summed E-state index contributed by atoms with van der Waals surface area (Å²) in [5, 5.41) is 9.40. The molecule has 0 aliphatic carbocycles. The lowest BCUT2D eigenvalue weighted by atomic mass is 10.0. The molecule has 0 fully saturated rings. The van der Waals surface area contributed by atoms with Crippen LogP contribution >= 0.6 is 0 Å². The number of hydrogen-bond acceptors (Lipinski definition) is 3. The monoisotopic (exact) mass is 283 g/mol. The summed E-state index contributed by atoms with van der Waals surface area (Å²) in [6.45, 7) is 2.47. The smallest absolute Gasteiger partial charge is 0.336 e. The van der Waals surface area contributed by atoms with Crippen LogP contribution in [0.2, 0.25) is 0 Å². The van der Waals surface area contributed by atoms with Crippen molar-refractivity contribution >= 4 is 23.3 Å². The van der Waals surface area contributed by atoms with Crippen molar-refractivity contribution in [2.75, 3.05) is 12.3 Å². The van der Waals surface area contributed by atoms with Gasteiger partial charge in [-0.05, 0) is 48.4 Å². The van der Waals surface area contributed by atoms with Crippen LogP contribution in [0.3, 0.4) is 0 Å². The largest absolute Gasteiger partial charge is 0.494 e. The Labute approximate surface area is 123 Å². The van der Waals surface area contributed by atoms with E-state index < -0.39 is 5.97 Å². The molecule has 2 aromatic rings. The number of hydrogen-bond donors (Lipinski definition) is 2. The number of benzene rings is 2. The Bertz CT molecular complexity index is 660. The number of carboxylic acids is 1. The van der Waals surface area contributed by atoms with Gasteiger partial charge < -0.3 is 15.6 Å². The number of rotatable bonds is 5. The Morgan fingerprint density at radius 1 is 1.24 bits per heavy atom. The first-order valence-electron chi connectivity index (χ1n) is 6.64. The second-order valence-corrected chi connectivity index (χ2v) is 4.49. The lowest BCUT2D eigenvalue weighted by molar-refractivity contribution is -0.130. The van der Waals surface area contributed by atoms with Crippen molar-refractivity contribution in [1.82, 2.24) is 0 Å². The van der Waals surface area contributed by atoms with E-state index in [2.05, 4.69) is 0 Å². The topological polar surface area (TPSA) is 72.5 Å². The molecule has 0 unspecified atom stereocenters. The summed E-state index contributed by atoms with van der Waals surface area (Å²) >= 11 is 0. The van der Waals surface area contributed by atoms with E-state index in [0.29, 0.717) is 23.6 Å². The summed E-state index contributed by atoms with van der Waals surface area (Å²) < 4.78 is 5.42. The molecule has 0 aromatic heterocycles. The molecule has 4 nitrogen and oxygen atoms in total. The van der Waals surface area contributed by atoms with Crippen molar-refractivity contribution in [3.8, 4) is 5.75 Å². The van der Waals surface area contributed by atoms with Gasteiger partial charge in [0.25, 0.3) is 0 Å². The molecule has 0 saturated carbocycles. The maximum Gasteiger partial charge on any atom is 0.336 e. The summed E-state index contributed by atoms with van der Waals surface area (Å²) in [7, 11) is 0. The van der Waals surface area contributed by atoms with Crippen LogP contribution in [0.4, 0.5) is 5.69 Å². The number of carbonyl (C=O) groups is 1. The molecule has 3 N–H and O–H groups in total. The molecule has 0 amide bonds. The van der Waals surface area contributed by atoms with Crippen molar-refractivity contribution in [3.63, 3.8) is 0 Å². The van der Waals surface area contributed by atoms with Crippen molar-refractivity contribution in [2.24, 2.45) is 0 Å². The molecule has 0 atom stereocenters. The molecule has 0 aliphatic heterocycles. The van der Waals surface area contributed by atoms with E-state index in [9.17, 15) is 9.90 Å². The second-order valence-electron chi connectivity index (χ2n) is 4.49. The van der Waals surface area contributed by atoms with E-state index >= 15 is 0 Å². The van der Waals surface area contributed by atoms with Crippen LogP contribution in [0, 0.1) is 0 Å². The van der Waals surface area contributed by atoms with E-state index in [-0.39, 0.29) is 5.57 Å². The van der Waals surface area contributed by atoms with Crippen molar-refractivity contribution in [3.05, 3.63) is 59.7 Å². The zero-order valence-electron chi connectivity index (χ0n) is 11.7. The summed E-state index contributed by atoms with van der Waals surface area (Å²) in [6, 6.07) is 14.1. The van der Waals surface area contributed by atoms with E-state index in [0.717, 1.165) is 5.56 Å². The van der Waals surface area contributed by atoms with Crippen LogP contribution in [0.5, 0.6) is 5.75 Å². The second kappa shape index (κ2) is 6.61. The predicted octanol–water partition coefficient (Wildman–Crippen LogP) is 3.29. The Morgan fingerprint density at radius 3 is 2.57 bits per heavy atom. The highest BCUT2D eigenvalue weighted by molar-refractivity contribution is 6.20. The Balaban J connectivity index is 2.40. The molecule has 2 rings (SSSR count). The molecular formula is C17H17NO3. The van der Waals surface area contributed by atoms with Gasteiger partial charge in [0.15, 0.2) is 0 Å². The predicted molar refractivity (Wildman–Crippen MR) is 84.0 cm³/mol. The fourth-order valence-electron chi connectivity index (χ4n) is 1.96. The van der Waals surface area contributed by atoms with Crippen molar-refractivity contribution < 1.29 is 14.6 Å². The fraction of sp³-hybridized carbons (Fsp3) is 0.118. The highest BCUT2D eigenvalue weighted by atomic mass is 16.5. The third-order valence-electron chi connectivity index (χ3n) is 2.93. The maximum absolute atomic E-state index is 11.5. The highest BCUT2D eigenvalue weighted by Crippen LogP contribution is 2.22. The summed E-state index contributed by atoms with van der Waals surface area (Å²) in [5.41, 5.74) is 7.82. The number of ether oxygens (including phenoxy) is 1. The van der Waals surface area contributed by atoms with Gasteiger partial charge in [-0.15, -0.1) is 0 Å². The maximum atomic E-state index is 11.5. The van der Waals surface area contributed by atoms with Gasteiger partial charge in [-0.2, -0.15) is 0 Å². The average Bonchev–Trinajstić information content (AvgIpc) is 2.46. The Hall–Kier alpha value is -2.75. The number of carboxylic acid groups (broad SMARTS) is 1. The number of aliphatic carboxylic acids is 1. The third-order valence-corrected chi connectivity index (χ3v) is 2.93. The molecule has 0 spiro atoms. The minimum atomic E-state index is -0.985. The summed E-state index contributed by atoms with van der Waals surface area (Å²) in [5.74, 6) is -0.269. The van der Waals surface area contributed by atoms with E-state index in [1.165, 1.54) is 0 Å². The molecular weight excluding hydrogens is 266 g/mol. The minimum Gasteiger partial charge on any atom is -0.494 e.